The molecule has 3 amide bonds. The number of hydrogen-bond acceptors (Lipinski definition) is 6. The van der Waals surface area contributed by atoms with Gasteiger partial charge in [-0.15, -0.1) is 0 Å². The summed E-state index contributed by atoms with van der Waals surface area (Å²) < 4.78 is 0. The van der Waals surface area contributed by atoms with Crippen LogP contribution in [0, 0.1) is 0 Å². The molecule has 1 heterocycles. The Morgan fingerprint density at radius 3 is 2.37 bits per heavy atom. The van der Waals surface area contributed by atoms with Gasteiger partial charge in [0.05, 0.1) is 25.5 Å². The molecule has 2 unspecified atom stereocenters. The minimum atomic E-state index is -1.22. The molecule has 0 radical (unpaired) electrons. The number of H-pyrrole nitrogens is 1. The van der Waals surface area contributed by atoms with Gasteiger partial charge in [-0.1, -0.05) is 30.3 Å². The summed E-state index contributed by atoms with van der Waals surface area (Å²) >= 11 is 0. The topological polar surface area (TPSA) is 179 Å². The molecule has 2 atom stereocenters. The number of aliphatic carboxylic acids is 1. The maximum absolute atomic E-state index is 12.0. The first kappa shape index (κ1) is 22.6. The smallest absolute Gasteiger partial charge is 0.326 e. The number of nitrogens with zero attached hydrogens (tertiary/aromatic N) is 1. The highest BCUT2D eigenvalue weighted by molar-refractivity contribution is 5.90. The second-order valence-electron chi connectivity index (χ2n) is 6.53. The number of nitrogens with two attached hydrogens (primary N) is 1. The van der Waals surface area contributed by atoms with Crippen LogP contribution in [0.15, 0.2) is 42.9 Å². The molecule has 0 saturated heterocycles. The van der Waals surface area contributed by atoms with E-state index in [1.807, 2.05) is 30.3 Å². The van der Waals surface area contributed by atoms with E-state index in [9.17, 15) is 24.3 Å². The number of aromatic nitrogens is 2. The van der Waals surface area contributed by atoms with Crippen molar-refractivity contribution in [2.75, 3.05) is 13.1 Å². The number of amides is 3. The standard InChI is InChI=1S/C19H24N6O5/c20-14(6-12-4-2-1-3-5-12)18(28)23-9-16(26)22-10-17(27)25-15(19(29)30)7-13-8-21-11-24-13/h1-5,8,11,14-15H,6-7,9-10,20H2,(H,21,24)(H,22,26)(H,23,28)(H,25,27)(H,29,30). The van der Waals surface area contributed by atoms with E-state index in [0.29, 0.717) is 12.1 Å². The molecule has 30 heavy (non-hydrogen) atoms. The number of carboxylic acid groups (broad SMARTS) is 1. The quantitative estimate of drug-likeness (QED) is 0.253. The zero-order chi connectivity index (χ0) is 21.9. The zero-order valence-electron chi connectivity index (χ0n) is 16.1. The Hall–Kier alpha value is -3.73. The largest absolute Gasteiger partial charge is 0.480 e. The van der Waals surface area contributed by atoms with Gasteiger partial charge >= 0.3 is 5.97 Å². The molecule has 7 N–H and O–H groups in total. The average molecular weight is 416 g/mol. The second kappa shape index (κ2) is 11.3. The Balaban J connectivity index is 1.69. The lowest BCUT2D eigenvalue weighted by Crippen LogP contribution is -2.49. The summed E-state index contributed by atoms with van der Waals surface area (Å²) in [5.41, 5.74) is 7.26. The third-order valence-corrected chi connectivity index (χ3v) is 4.12. The minimum Gasteiger partial charge on any atom is -0.480 e. The van der Waals surface area contributed by atoms with Crippen molar-refractivity contribution in [2.45, 2.75) is 24.9 Å². The first-order chi connectivity index (χ1) is 14.3. The van der Waals surface area contributed by atoms with Crippen LogP contribution in [0.25, 0.3) is 0 Å². The molecule has 0 bridgehead atoms. The number of nitrogens with one attached hydrogen (secondary N) is 4. The van der Waals surface area contributed by atoms with E-state index in [0.717, 1.165) is 5.56 Å². The molecule has 0 saturated carbocycles. The molecule has 160 valence electrons. The normalized spacial score (nSPS) is 12.4. The summed E-state index contributed by atoms with van der Waals surface area (Å²) in [6, 6.07) is 7.22. The van der Waals surface area contributed by atoms with Gasteiger partial charge in [-0.3, -0.25) is 14.4 Å². The summed E-state index contributed by atoms with van der Waals surface area (Å²) in [6.07, 6.45) is 3.19. The van der Waals surface area contributed by atoms with Gasteiger partial charge in [0.15, 0.2) is 0 Å². The van der Waals surface area contributed by atoms with Crippen LogP contribution in [0.1, 0.15) is 11.3 Å². The molecule has 1 aromatic heterocycles. The van der Waals surface area contributed by atoms with Gasteiger partial charge in [0.25, 0.3) is 0 Å². The molecule has 2 aromatic rings. The number of aromatic amines is 1. The molecular weight excluding hydrogens is 392 g/mol. The fourth-order valence-corrected chi connectivity index (χ4v) is 2.56. The van der Waals surface area contributed by atoms with E-state index < -0.39 is 42.3 Å². The molecule has 0 aliphatic carbocycles. The molecule has 0 spiro atoms. The van der Waals surface area contributed by atoms with Crippen LogP contribution in [-0.2, 0) is 32.0 Å². The first-order valence-corrected chi connectivity index (χ1v) is 9.18. The van der Waals surface area contributed by atoms with Gasteiger partial charge in [0.2, 0.25) is 17.7 Å². The van der Waals surface area contributed by atoms with Crippen LogP contribution in [0.4, 0.5) is 0 Å². The van der Waals surface area contributed by atoms with Crippen LogP contribution in [0.3, 0.4) is 0 Å². The highest BCUT2D eigenvalue weighted by atomic mass is 16.4. The highest BCUT2D eigenvalue weighted by Crippen LogP contribution is 2.02. The Bertz CT molecular complexity index is 856. The lowest BCUT2D eigenvalue weighted by atomic mass is 10.1. The maximum atomic E-state index is 12.0. The van der Waals surface area contributed by atoms with Crippen molar-refractivity contribution in [1.82, 2.24) is 25.9 Å². The van der Waals surface area contributed by atoms with Crippen LogP contribution in [-0.4, -0.2) is 63.9 Å². The first-order valence-electron chi connectivity index (χ1n) is 9.18. The fraction of sp³-hybridized carbons (Fsp3) is 0.316. The predicted octanol–water partition coefficient (Wildman–Crippen LogP) is -1.68. The predicted molar refractivity (Wildman–Crippen MR) is 106 cm³/mol. The summed E-state index contributed by atoms with van der Waals surface area (Å²) in [5, 5.41) is 16.2. The van der Waals surface area contributed by atoms with Gasteiger partial charge in [0, 0.05) is 18.3 Å². The highest BCUT2D eigenvalue weighted by Gasteiger charge is 2.21. The number of carboxylic acids is 1. The van der Waals surface area contributed by atoms with Crippen LogP contribution in [0.5, 0.6) is 0 Å². The summed E-state index contributed by atoms with van der Waals surface area (Å²) in [5.74, 6) is -3.00. The Morgan fingerprint density at radius 1 is 1.03 bits per heavy atom. The lowest BCUT2D eigenvalue weighted by Gasteiger charge is -2.14. The molecule has 0 fully saturated rings. The third kappa shape index (κ3) is 7.72. The summed E-state index contributed by atoms with van der Waals surface area (Å²) in [6.45, 7) is -0.789. The molecule has 0 aliphatic heterocycles. The van der Waals surface area contributed by atoms with E-state index in [1.165, 1.54) is 12.5 Å². The fourth-order valence-electron chi connectivity index (χ4n) is 2.56. The SMILES string of the molecule is NC(Cc1ccccc1)C(=O)NCC(=O)NCC(=O)NC(Cc1cnc[nH]1)C(=O)O. The van der Waals surface area contributed by atoms with E-state index in [-0.39, 0.29) is 13.0 Å². The van der Waals surface area contributed by atoms with Crippen molar-refractivity contribution in [3.05, 3.63) is 54.1 Å². The van der Waals surface area contributed by atoms with Crippen LogP contribution >= 0.6 is 0 Å². The summed E-state index contributed by atoms with van der Waals surface area (Å²) in [4.78, 5) is 53.6. The zero-order valence-corrected chi connectivity index (χ0v) is 16.1. The van der Waals surface area contributed by atoms with Crippen molar-refractivity contribution in [2.24, 2.45) is 5.73 Å². The van der Waals surface area contributed by atoms with E-state index >= 15 is 0 Å². The number of imidazole rings is 1. The number of hydrogen-bond donors (Lipinski definition) is 6. The van der Waals surface area contributed by atoms with Gasteiger partial charge < -0.3 is 31.8 Å². The summed E-state index contributed by atoms with van der Waals surface area (Å²) in [7, 11) is 0. The Morgan fingerprint density at radius 2 is 1.73 bits per heavy atom. The molecule has 1 aromatic carbocycles. The number of benzene rings is 1. The third-order valence-electron chi connectivity index (χ3n) is 4.12. The van der Waals surface area contributed by atoms with Crippen molar-refractivity contribution < 1.29 is 24.3 Å². The monoisotopic (exact) mass is 416 g/mol. The van der Waals surface area contributed by atoms with Crippen molar-refractivity contribution in [3.63, 3.8) is 0 Å². The minimum absolute atomic E-state index is 0.0182. The van der Waals surface area contributed by atoms with Gasteiger partial charge in [-0.05, 0) is 12.0 Å². The molecule has 2 rings (SSSR count). The molecule has 11 heteroatoms. The number of carbonyl (C=O) groups is 4. The van der Waals surface area contributed by atoms with E-state index in [1.54, 1.807) is 0 Å². The van der Waals surface area contributed by atoms with Crippen molar-refractivity contribution >= 4 is 23.7 Å². The van der Waals surface area contributed by atoms with Crippen LogP contribution in [0.2, 0.25) is 0 Å². The van der Waals surface area contributed by atoms with E-state index in [4.69, 9.17) is 5.73 Å². The average Bonchev–Trinajstić information content (AvgIpc) is 3.23. The van der Waals surface area contributed by atoms with Crippen LogP contribution < -0.4 is 21.7 Å². The van der Waals surface area contributed by atoms with Crippen molar-refractivity contribution in [1.29, 1.82) is 0 Å². The van der Waals surface area contributed by atoms with Crippen molar-refractivity contribution in [3.8, 4) is 0 Å². The molecule has 11 nitrogen and oxygen atoms in total. The number of carbonyl (C=O) groups excluding carboxylic acids is 3. The van der Waals surface area contributed by atoms with Gasteiger partial charge in [0.1, 0.15) is 6.04 Å². The van der Waals surface area contributed by atoms with Gasteiger partial charge in [-0.25, -0.2) is 9.78 Å². The maximum Gasteiger partial charge on any atom is 0.326 e. The number of rotatable bonds is 11. The molecule has 0 aliphatic rings. The van der Waals surface area contributed by atoms with Gasteiger partial charge in [-0.2, -0.15) is 0 Å². The van der Waals surface area contributed by atoms with E-state index in [2.05, 4.69) is 25.9 Å². The Kier molecular flexibility index (Phi) is 8.51. The lowest BCUT2D eigenvalue weighted by molar-refractivity contribution is -0.141. The molecular formula is C19H24N6O5. The second-order valence-corrected chi connectivity index (χ2v) is 6.53. The Labute approximate surface area is 172 Å².